The largest absolute Gasteiger partial charge is 0.355 e. The van der Waals surface area contributed by atoms with Crippen LogP contribution in [0, 0.1) is 0 Å². The monoisotopic (exact) mass is 198 g/mol. The number of rotatable bonds is 6. The Balaban J connectivity index is 2.15. The molecule has 1 aliphatic carbocycles. The molecule has 14 heavy (non-hydrogen) atoms. The summed E-state index contributed by atoms with van der Waals surface area (Å²) in [6.07, 6.45) is 4.58. The molecule has 0 saturated heterocycles. The number of unbranched alkanes of at least 4 members (excludes halogenated alkanes) is 1. The van der Waals surface area contributed by atoms with Gasteiger partial charge in [0.15, 0.2) is 0 Å². The van der Waals surface area contributed by atoms with Crippen molar-refractivity contribution < 1.29 is 4.79 Å². The quantitative estimate of drug-likeness (QED) is 0.634. The second-order valence-electron chi connectivity index (χ2n) is 4.57. The van der Waals surface area contributed by atoms with Gasteiger partial charge in [0.1, 0.15) is 0 Å². The summed E-state index contributed by atoms with van der Waals surface area (Å²) in [5.74, 6) is 0.131. The van der Waals surface area contributed by atoms with Gasteiger partial charge in [0, 0.05) is 12.1 Å². The van der Waals surface area contributed by atoms with E-state index < -0.39 is 0 Å². The number of hydrogen-bond acceptors (Lipinski definition) is 2. The minimum Gasteiger partial charge on any atom is -0.355 e. The second-order valence-corrected chi connectivity index (χ2v) is 4.57. The molecule has 0 aliphatic heterocycles. The maximum absolute atomic E-state index is 11.5. The third-order valence-electron chi connectivity index (χ3n) is 2.79. The molecule has 2 N–H and O–H groups in total. The van der Waals surface area contributed by atoms with Gasteiger partial charge in [0.2, 0.25) is 5.91 Å². The lowest BCUT2D eigenvalue weighted by atomic mass is 10.2. The molecule has 0 aromatic heterocycles. The average molecular weight is 198 g/mol. The molecule has 0 aromatic carbocycles. The molecule has 1 amide bonds. The Morgan fingerprint density at radius 2 is 2.14 bits per heavy atom. The molecule has 0 bridgehead atoms. The van der Waals surface area contributed by atoms with Crippen LogP contribution in [0.4, 0.5) is 0 Å². The summed E-state index contributed by atoms with van der Waals surface area (Å²) in [6.45, 7) is 7.03. The van der Waals surface area contributed by atoms with Crippen LogP contribution in [-0.2, 0) is 4.79 Å². The number of carbonyl (C=O) groups excluding carboxylic acids is 1. The summed E-state index contributed by atoms with van der Waals surface area (Å²) >= 11 is 0. The highest BCUT2D eigenvalue weighted by Gasteiger charge is 2.38. The first kappa shape index (κ1) is 11.5. The van der Waals surface area contributed by atoms with E-state index in [1.165, 1.54) is 12.8 Å². The minimum atomic E-state index is -0.0562. The van der Waals surface area contributed by atoms with Gasteiger partial charge in [-0.2, -0.15) is 0 Å². The van der Waals surface area contributed by atoms with Crippen molar-refractivity contribution in [3.8, 4) is 0 Å². The highest BCUT2D eigenvalue weighted by molar-refractivity contribution is 5.81. The predicted octanol–water partition coefficient (Wildman–Crippen LogP) is 1.43. The Hall–Kier alpha value is -0.570. The molecule has 1 rings (SSSR count). The zero-order valence-electron chi connectivity index (χ0n) is 9.52. The van der Waals surface area contributed by atoms with E-state index >= 15 is 0 Å². The first-order valence-corrected chi connectivity index (χ1v) is 5.63. The second kappa shape index (κ2) is 4.78. The molecule has 1 fully saturated rings. The van der Waals surface area contributed by atoms with Crippen molar-refractivity contribution in [2.75, 3.05) is 6.54 Å². The molecule has 82 valence electrons. The maximum Gasteiger partial charge on any atom is 0.236 e. The van der Waals surface area contributed by atoms with Crippen molar-refractivity contribution in [3.63, 3.8) is 0 Å². The Bertz CT molecular complexity index is 199. The van der Waals surface area contributed by atoms with Gasteiger partial charge >= 0.3 is 0 Å². The van der Waals surface area contributed by atoms with Crippen molar-refractivity contribution in [2.45, 2.75) is 58.0 Å². The average Bonchev–Trinajstić information content (AvgIpc) is 2.83. The molecular formula is C11H22N2O. The summed E-state index contributed by atoms with van der Waals surface area (Å²) in [5.41, 5.74) is 0.238. The molecule has 1 atom stereocenters. The first-order chi connectivity index (χ1) is 6.57. The van der Waals surface area contributed by atoms with Crippen LogP contribution in [0.15, 0.2) is 0 Å². The van der Waals surface area contributed by atoms with E-state index in [2.05, 4.69) is 24.5 Å². The van der Waals surface area contributed by atoms with E-state index in [1.807, 2.05) is 6.92 Å². The fraction of sp³-hybridized carbons (Fsp3) is 0.909. The zero-order valence-corrected chi connectivity index (χ0v) is 9.52. The van der Waals surface area contributed by atoms with E-state index in [1.54, 1.807) is 0 Å². The Morgan fingerprint density at radius 3 is 2.64 bits per heavy atom. The smallest absolute Gasteiger partial charge is 0.236 e. The Labute approximate surface area is 86.6 Å². The molecule has 1 aliphatic rings. The summed E-state index contributed by atoms with van der Waals surface area (Å²) < 4.78 is 0. The lowest BCUT2D eigenvalue weighted by molar-refractivity contribution is -0.123. The van der Waals surface area contributed by atoms with E-state index in [0.29, 0.717) is 0 Å². The summed E-state index contributed by atoms with van der Waals surface area (Å²) in [5, 5.41) is 6.28. The van der Waals surface area contributed by atoms with Crippen LogP contribution >= 0.6 is 0 Å². The van der Waals surface area contributed by atoms with Crippen LogP contribution < -0.4 is 10.6 Å². The van der Waals surface area contributed by atoms with Gasteiger partial charge in [-0.05, 0) is 33.1 Å². The van der Waals surface area contributed by atoms with Gasteiger partial charge in [0.05, 0.1) is 6.04 Å². The molecule has 0 spiro atoms. The summed E-state index contributed by atoms with van der Waals surface area (Å²) in [6, 6.07) is -0.0562. The molecule has 0 aromatic rings. The normalized spacial score (nSPS) is 20.2. The summed E-state index contributed by atoms with van der Waals surface area (Å²) in [7, 11) is 0. The SMILES string of the molecule is CCCCNC(=O)C(C)NC1(C)CC1. The van der Waals surface area contributed by atoms with Crippen molar-refractivity contribution in [2.24, 2.45) is 0 Å². The molecule has 1 saturated carbocycles. The lowest BCUT2D eigenvalue weighted by Crippen LogP contribution is -2.46. The molecule has 1 unspecified atom stereocenters. The van der Waals surface area contributed by atoms with E-state index in [9.17, 15) is 4.79 Å². The van der Waals surface area contributed by atoms with Gasteiger partial charge < -0.3 is 10.6 Å². The molecule has 0 radical (unpaired) electrons. The topological polar surface area (TPSA) is 41.1 Å². The number of hydrogen-bond donors (Lipinski definition) is 2. The van der Waals surface area contributed by atoms with Crippen molar-refractivity contribution in [3.05, 3.63) is 0 Å². The zero-order chi connectivity index (χ0) is 10.6. The van der Waals surface area contributed by atoms with Gasteiger partial charge in [-0.15, -0.1) is 0 Å². The van der Waals surface area contributed by atoms with E-state index in [-0.39, 0.29) is 17.5 Å². The molecule has 3 nitrogen and oxygen atoms in total. The predicted molar refractivity (Wildman–Crippen MR) is 58.2 cm³/mol. The van der Waals surface area contributed by atoms with Crippen LogP contribution in [0.1, 0.15) is 46.5 Å². The summed E-state index contributed by atoms with van der Waals surface area (Å²) in [4.78, 5) is 11.5. The first-order valence-electron chi connectivity index (χ1n) is 5.63. The van der Waals surface area contributed by atoms with E-state index in [4.69, 9.17) is 0 Å². The third-order valence-corrected chi connectivity index (χ3v) is 2.79. The van der Waals surface area contributed by atoms with Gasteiger partial charge in [-0.3, -0.25) is 4.79 Å². The van der Waals surface area contributed by atoms with Gasteiger partial charge in [-0.1, -0.05) is 13.3 Å². The number of amides is 1. The van der Waals surface area contributed by atoms with E-state index in [0.717, 1.165) is 19.4 Å². The van der Waals surface area contributed by atoms with Crippen molar-refractivity contribution in [1.82, 2.24) is 10.6 Å². The van der Waals surface area contributed by atoms with Crippen LogP contribution in [0.25, 0.3) is 0 Å². The van der Waals surface area contributed by atoms with Crippen LogP contribution in [0.3, 0.4) is 0 Å². The third kappa shape index (κ3) is 3.66. The number of carbonyl (C=O) groups is 1. The minimum absolute atomic E-state index is 0.0562. The van der Waals surface area contributed by atoms with Crippen LogP contribution in [0.5, 0.6) is 0 Å². The number of nitrogens with one attached hydrogen (secondary N) is 2. The lowest BCUT2D eigenvalue weighted by Gasteiger charge is -2.18. The van der Waals surface area contributed by atoms with Crippen molar-refractivity contribution in [1.29, 1.82) is 0 Å². The molecule has 3 heteroatoms. The standard InChI is InChI=1S/C11H22N2O/c1-4-5-8-12-10(14)9(2)13-11(3)6-7-11/h9,13H,4-8H2,1-3H3,(H,12,14). The van der Waals surface area contributed by atoms with Crippen LogP contribution in [0.2, 0.25) is 0 Å². The fourth-order valence-electron chi connectivity index (χ4n) is 1.46. The van der Waals surface area contributed by atoms with Crippen LogP contribution in [-0.4, -0.2) is 24.0 Å². The Kier molecular flexibility index (Phi) is 3.93. The van der Waals surface area contributed by atoms with Crippen molar-refractivity contribution >= 4 is 5.91 Å². The Morgan fingerprint density at radius 1 is 1.50 bits per heavy atom. The molecule has 0 heterocycles. The van der Waals surface area contributed by atoms with Gasteiger partial charge in [0.25, 0.3) is 0 Å². The highest BCUT2D eigenvalue weighted by atomic mass is 16.2. The highest BCUT2D eigenvalue weighted by Crippen LogP contribution is 2.34. The maximum atomic E-state index is 11.5. The van der Waals surface area contributed by atoms with Gasteiger partial charge in [-0.25, -0.2) is 0 Å². The fourth-order valence-corrected chi connectivity index (χ4v) is 1.46. The molecular weight excluding hydrogens is 176 g/mol.